The van der Waals surface area contributed by atoms with Crippen molar-refractivity contribution in [1.82, 2.24) is 15.2 Å². The number of piperidine rings is 1. The lowest BCUT2D eigenvalue weighted by Crippen LogP contribution is -2.44. The lowest BCUT2D eigenvalue weighted by molar-refractivity contribution is 0.0670. The van der Waals surface area contributed by atoms with Gasteiger partial charge in [-0.3, -0.25) is 4.79 Å². The Morgan fingerprint density at radius 2 is 2.37 bits per heavy atom. The number of aromatic nitrogens is 1. The van der Waals surface area contributed by atoms with Crippen molar-refractivity contribution in [3.05, 3.63) is 22.4 Å². The van der Waals surface area contributed by atoms with Crippen LogP contribution in [0.25, 0.3) is 0 Å². The van der Waals surface area contributed by atoms with Gasteiger partial charge in [-0.05, 0) is 40.8 Å². The maximum absolute atomic E-state index is 12.3. The molecular formula is C12H17BrN4O2. The molecule has 104 valence electrons. The van der Waals surface area contributed by atoms with Crippen LogP contribution in [0, 0.1) is 5.92 Å². The van der Waals surface area contributed by atoms with Crippen molar-refractivity contribution in [1.29, 1.82) is 0 Å². The number of nitrogens with zero attached hydrogens (tertiary/aromatic N) is 1. The molecule has 4 N–H and O–H groups in total. The number of hydrogen-bond acceptors (Lipinski definition) is 2. The van der Waals surface area contributed by atoms with Crippen molar-refractivity contribution in [2.75, 3.05) is 19.6 Å². The molecule has 2 rings (SSSR count). The van der Waals surface area contributed by atoms with Crippen molar-refractivity contribution in [3.8, 4) is 0 Å². The van der Waals surface area contributed by atoms with Crippen LogP contribution < -0.4 is 11.1 Å². The minimum absolute atomic E-state index is 0.00512. The van der Waals surface area contributed by atoms with Crippen LogP contribution in [0.2, 0.25) is 0 Å². The molecule has 0 aliphatic carbocycles. The molecule has 1 fully saturated rings. The third-order valence-electron chi connectivity index (χ3n) is 3.25. The largest absolute Gasteiger partial charge is 0.356 e. The Kier molecular flexibility index (Phi) is 4.47. The molecule has 0 saturated carbocycles. The summed E-state index contributed by atoms with van der Waals surface area (Å²) in [6, 6.07) is 1.25. The topological polar surface area (TPSA) is 91.2 Å². The minimum atomic E-state index is -0.517. The van der Waals surface area contributed by atoms with E-state index in [0.29, 0.717) is 18.8 Å². The van der Waals surface area contributed by atoms with Gasteiger partial charge in [0.2, 0.25) is 0 Å². The second-order valence-corrected chi connectivity index (χ2v) is 5.65. The Morgan fingerprint density at radius 1 is 1.58 bits per heavy atom. The first-order valence-corrected chi connectivity index (χ1v) is 7.02. The number of aromatic amines is 1. The molecule has 7 heteroatoms. The highest BCUT2D eigenvalue weighted by Gasteiger charge is 2.25. The fraction of sp³-hybridized carbons (Fsp3) is 0.500. The van der Waals surface area contributed by atoms with Crippen molar-refractivity contribution in [2.24, 2.45) is 11.7 Å². The van der Waals surface area contributed by atoms with E-state index >= 15 is 0 Å². The molecular weight excluding hydrogens is 312 g/mol. The number of urea groups is 1. The number of halogens is 1. The second-order valence-electron chi connectivity index (χ2n) is 4.74. The lowest BCUT2D eigenvalue weighted by Gasteiger charge is -2.32. The van der Waals surface area contributed by atoms with Gasteiger partial charge in [0.25, 0.3) is 5.91 Å². The number of carbonyl (C=O) groups excluding carboxylic acids is 2. The van der Waals surface area contributed by atoms with Gasteiger partial charge in [0.05, 0.1) is 0 Å². The number of likely N-dealkylation sites (tertiary alicyclic amines) is 1. The highest BCUT2D eigenvalue weighted by atomic mass is 79.9. The van der Waals surface area contributed by atoms with E-state index in [1.165, 1.54) is 0 Å². The molecule has 0 radical (unpaired) electrons. The average Bonchev–Trinajstić information content (AvgIpc) is 2.82. The Morgan fingerprint density at radius 3 is 3.00 bits per heavy atom. The molecule has 3 amide bonds. The molecule has 6 nitrogen and oxygen atoms in total. The molecule has 1 atom stereocenters. The number of carbonyl (C=O) groups is 2. The minimum Gasteiger partial charge on any atom is -0.356 e. The van der Waals surface area contributed by atoms with Crippen molar-refractivity contribution < 1.29 is 9.59 Å². The van der Waals surface area contributed by atoms with Gasteiger partial charge in [-0.25, -0.2) is 4.79 Å². The Hall–Kier alpha value is -1.50. The van der Waals surface area contributed by atoms with E-state index in [1.54, 1.807) is 12.3 Å². The van der Waals surface area contributed by atoms with Crippen LogP contribution >= 0.6 is 15.9 Å². The van der Waals surface area contributed by atoms with E-state index in [2.05, 4.69) is 26.2 Å². The molecule has 1 aromatic rings. The van der Waals surface area contributed by atoms with E-state index in [0.717, 1.165) is 23.9 Å². The Balaban J connectivity index is 1.93. The molecule has 2 heterocycles. The summed E-state index contributed by atoms with van der Waals surface area (Å²) in [6.07, 6.45) is 3.68. The summed E-state index contributed by atoms with van der Waals surface area (Å²) in [6.45, 7) is 1.92. The lowest BCUT2D eigenvalue weighted by atomic mass is 9.98. The summed E-state index contributed by atoms with van der Waals surface area (Å²) in [4.78, 5) is 27.7. The maximum atomic E-state index is 12.3. The predicted molar refractivity (Wildman–Crippen MR) is 74.7 cm³/mol. The van der Waals surface area contributed by atoms with Crippen molar-refractivity contribution in [3.63, 3.8) is 0 Å². The smallest absolute Gasteiger partial charge is 0.312 e. The van der Waals surface area contributed by atoms with Crippen molar-refractivity contribution >= 4 is 27.9 Å². The molecule has 1 aromatic heterocycles. The van der Waals surface area contributed by atoms with E-state index in [-0.39, 0.29) is 11.8 Å². The average molecular weight is 329 g/mol. The van der Waals surface area contributed by atoms with Gasteiger partial charge in [0.15, 0.2) is 0 Å². The zero-order valence-corrected chi connectivity index (χ0v) is 12.1. The third kappa shape index (κ3) is 3.73. The van der Waals surface area contributed by atoms with Gasteiger partial charge in [-0.2, -0.15) is 0 Å². The summed E-state index contributed by atoms with van der Waals surface area (Å²) in [5.74, 6) is 0.262. The SMILES string of the molecule is NC(=O)NCC1CCCN(C(=O)c2cc(Br)c[nH]2)C1. The van der Waals surface area contributed by atoms with E-state index in [4.69, 9.17) is 5.73 Å². The van der Waals surface area contributed by atoms with E-state index in [1.807, 2.05) is 4.90 Å². The van der Waals surface area contributed by atoms with Crippen LogP contribution in [0.4, 0.5) is 4.79 Å². The number of nitrogens with two attached hydrogens (primary N) is 1. The number of rotatable bonds is 3. The first kappa shape index (κ1) is 13.9. The molecule has 1 aliphatic heterocycles. The summed E-state index contributed by atoms with van der Waals surface area (Å²) in [5.41, 5.74) is 5.64. The van der Waals surface area contributed by atoms with Crippen LogP contribution in [0.1, 0.15) is 23.3 Å². The summed E-state index contributed by atoms with van der Waals surface area (Å²) in [7, 11) is 0. The fourth-order valence-corrected chi connectivity index (χ4v) is 2.67. The fourth-order valence-electron chi connectivity index (χ4n) is 2.32. The third-order valence-corrected chi connectivity index (χ3v) is 3.71. The standard InChI is InChI=1S/C12H17BrN4O2/c13-9-4-10(15-6-9)11(18)17-3-1-2-8(7-17)5-16-12(14)19/h4,6,8,15H,1-3,5,7H2,(H3,14,16,19). The molecule has 1 saturated heterocycles. The monoisotopic (exact) mass is 328 g/mol. The van der Waals surface area contributed by atoms with Gasteiger partial charge >= 0.3 is 6.03 Å². The molecule has 19 heavy (non-hydrogen) atoms. The molecule has 0 aromatic carbocycles. The predicted octanol–water partition coefficient (Wildman–Crippen LogP) is 1.30. The van der Waals surface area contributed by atoms with Crippen LogP contribution in [0.15, 0.2) is 16.7 Å². The first-order valence-electron chi connectivity index (χ1n) is 6.22. The normalized spacial score (nSPS) is 19.2. The quantitative estimate of drug-likeness (QED) is 0.780. The number of H-pyrrole nitrogens is 1. The van der Waals surface area contributed by atoms with Crippen LogP contribution in [0.3, 0.4) is 0 Å². The van der Waals surface area contributed by atoms with E-state index < -0.39 is 6.03 Å². The van der Waals surface area contributed by atoms with Gasteiger partial charge in [0, 0.05) is 30.3 Å². The molecule has 0 spiro atoms. The highest BCUT2D eigenvalue weighted by molar-refractivity contribution is 9.10. The molecule has 1 unspecified atom stereocenters. The molecule has 0 bridgehead atoms. The van der Waals surface area contributed by atoms with Gasteiger partial charge in [-0.1, -0.05) is 0 Å². The maximum Gasteiger partial charge on any atom is 0.312 e. The zero-order valence-electron chi connectivity index (χ0n) is 10.5. The first-order chi connectivity index (χ1) is 9.06. The van der Waals surface area contributed by atoms with Gasteiger partial charge < -0.3 is 20.9 Å². The molecule has 1 aliphatic rings. The number of primary amides is 1. The number of amides is 3. The Bertz CT molecular complexity index is 474. The summed E-state index contributed by atoms with van der Waals surface area (Å²) >= 11 is 3.31. The second kappa shape index (κ2) is 6.10. The zero-order chi connectivity index (χ0) is 13.8. The van der Waals surface area contributed by atoms with Crippen LogP contribution in [-0.2, 0) is 0 Å². The number of hydrogen-bond donors (Lipinski definition) is 3. The van der Waals surface area contributed by atoms with Crippen LogP contribution in [0.5, 0.6) is 0 Å². The van der Waals surface area contributed by atoms with Gasteiger partial charge in [0.1, 0.15) is 5.69 Å². The number of nitrogens with one attached hydrogen (secondary N) is 2. The summed E-state index contributed by atoms with van der Waals surface area (Å²) in [5, 5.41) is 2.60. The van der Waals surface area contributed by atoms with Crippen LogP contribution in [-0.4, -0.2) is 41.5 Å². The highest BCUT2D eigenvalue weighted by Crippen LogP contribution is 2.19. The summed E-state index contributed by atoms with van der Waals surface area (Å²) < 4.78 is 0.861. The Labute approximate surface area is 119 Å². The van der Waals surface area contributed by atoms with Crippen molar-refractivity contribution in [2.45, 2.75) is 12.8 Å². The van der Waals surface area contributed by atoms with E-state index in [9.17, 15) is 9.59 Å². The van der Waals surface area contributed by atoms with Gasteiger partial charge in [-0.15, -0.1) is 0 Å².